The first-order valence-corrected chi connectivity index (χ1v) is 16.6. The molecule has 3 aliphatic rings. The Morgan fingerprint density at radius 2 is 1.70 bits per heavy atom. The van der Waals surface area contributed by atoms with Gasteiger partial charge in [-0.1, -0.05) is 30.3 Å². The molecule has 2 aliphatic heterocycles. The van der Waals surface area contributed by atoms with Gasteiger partial charge in [0.2, 0.25) is 9.73 Å². The number of nitrogens with one attached hydrogen (secondary N) is 1. The molecule has 190 valence electrons. The maximum absolute atomic E-state index is 5.02. The highest BCUT2D eigenvalue weighted by Crippen LogP contribution is 2.40. The Hall–Kier alpha value is -2.76. The summed E-state index contributed by atoms with van der Waals surface area (Å²) in [7, 11) is 0.240. The molecule has 1 saturated heterocycles. The summed E-state index contributed by atoms with van der Waals surface area (Å²) in [6.45, 7) is 6.95. The third-order valence-corrected chi connectivity index (χ3v) is 12.1. The molecule has 0 radical (unpaired) electrons. The first-order valence-electron chi connectivity index (χ1n) is 13.8. The molecule has 3 heterocycles. The lowest BCUT2D eigenvalue weighted by Gasteiger charge is -2.31. The zero-order valence-electron chi connectivity index (χ0n) is 22.0. The fraction of sp³-hybridized carbons (Fsp3) is 0.344. The number of thiazole rings is 1. The Morgan fingerprint density at radius 1 is 0.892 bits per heavy atom. The second kappa shape index (κ2) is 10.9. The average molecular weight is 528 g/mol. The largest absolute Gasteiger partial charge is 0.371 e. The van der Waals surface area contributed by atoms with Gasteiger partial charge < -0.3 is 10.2 Å². The Kier molecular flexibility index (Phi) is 7.25. The first-order chi connectivity index (χ1) is 18.3. The van der Waals surface area contributed by atoms with Crippen LogP contribution in [0.25, 0.3) is 16.3 Å². The van der Waals surface area contributed by atoms with Gasteiger partial charge >= 0.3 is 0 Å². The fourth-order valence-electron chi connectivity index (χ4n) is 5.91. The van der Waals surface area contributed by atoms with E-state index >= 15 is 0 Å². The van der Waals surface area contributed by atoms with E-state index in [4.69, 9.17) is 4.98 Å². The molecule has 1 N–H and O–H groups in total. The van der Waals surface area contributed by atoms with Crippen molar-refractivity contribution in [3.63, 3.8) is 0 Å². The van der Waals surface area contributed by atoms with Gasteiger partial charge in [0.25, 0.3) is 5.01 Å². The van der Waals surface area contributed by atoms with Crippen molar-refractivity contribution in [1.82, 2.24) is 9.88 Å². The van der Waals surface area contributed by atoms with Crippen LogP contribution in [-0.4, -0.2) is 28.7 Å². The molecule has 0 saturated carbocycles. The molecule has 5 heteroatoms. The molecule has 3 nitrogen and oxygen atoms in total. The van der Waals surface area contributed by atoms with Crippen LogP contribution in [0.1, 0.15) is 51.0 Å². The van der Waals surface area contributed by atoms with Crippen LogP contribution in [-0.2, 0) is 16.6 Å². The van der Waals surface area contributed by atoms with Gasteiger partial charge in [0, 0.05) is 47.5 Å². The van der Waals surface area contributed by atoms with E-state index < -0.39 is 0 Å². The normalized spacial score (nSPS) is 22.6. The standard InChI is InChI=1S/C32H37N3S2/c1-3-36-28-14-8-6-12-26(28)33-30(36)20-18-24-16-17-25(32(24)35-22-10-5-11-23-35)19-21-31-34-27-13-7-9-15-29(27)37(31)4-2/h6-9,12-15,18-21,33H,3-5,10-11,16-17,22-23H2,1-2H3/q+2. The number of benzene rings is 2. The van der Waals surface area contributed by atoms with E-state index in [2.05, 4.69) is 96.9 Å². The van der Waals surface area contributed by atoms with Gasteiger partial charge in [-0.3, -0.25) is 0 Å². The van der Waals surface area contributed by atoms with Crippen LogP contribution in [0.2, 0.25) is 0 Å². The number of rotatable bonds is 6. The van der Waals surface area contributed by atoms with Crippen molar-refractivity contribution in [2.45, 2.75) is 56.6 Å². The third kappa shape index (κ3) is 4.80. The van der Waals surface area contributed by atoms with E-state index in [1.54, 1.807) is 0 Å². The Bertz CT molecular complexity index is 1420. The van der Waals surface area contributed by atoms with Gasteiger partial charge in [-0.15, -0.1) is 0 Å². The molecule has 1 fully saturated rings. The number of aromatic nitrogens is 1. The molecule has 0 amide bonds. The summed E-state index contributed by atoms with van der Waals surface area (Å²) >= 11 is 0. The number of nitrogens with zero attached hydrogens (tertiary/aromatic N) is 2. The zero-order valence-corrected chi connectivity index (χ0v) is 23.6. The lowest BCUT2D eigenvalue weighted by atomic mass is 10.1. The highest BCUT2D eigenvalue weighted by atomic mass is 32.2. The van der Waals surface area contributed by atoms with E-state index in [1.807, 2.05) is 0 Å². The number of aryl methyl sites for hydroxylation is 1. The maximum atomic E-state index is 5.02. The van der Waals surface area contributed by atoms with Crippen LogP contribution in [0.15, 0.2) is 93.5 Å². The number of allylic oxidation sites excluding steroid dienone is 5. The van der Waals surface area contributed by atoms with Crippen molar-refractivity contribution in [1.29, 1.82) is 0 Å². The van der Waals surface area contributed by atoms with Crippen molar-refractivity contribution in [3.05, 3.63) is 93.6 Å². The molecule has 1 aliphatic carbocycles. The van der Waals surface area contributed by atoms with Crippen molar-refractivity contribution < 1.29 is 0 Å². The summed E-state index contributed by atoms with van der Waals surface area (Å²) in [6, 6.07) is 17.5. The second-order valence-corrected chi connectivity index (χ2v) is 14.3. The van der Waals surface area contributed by atoms with Crippen molar-refractivity contribution in [3.8, 4) is 0 Å². The van der Waals surface area contributed by atoms with Gasteiger partial charge in [-0.25, -0.2) is 0 Å². The summed E-state index contributed by atoms with van der Waals surface area (Å²) in [5.41, 5.74) is 6.92. The molecule has 2 aromatic carbocycles. The third-order valence-electron chi connectivity index (χ3n) is 7.67. The molecule has 3 aromatic rings. The minimum Gasteiger partial charge on any atom is -0.371 e. The van der Waals surface area contributed by atoms with Crippen LogP contribution >= 0.6 is 10.5 Å². The van der Waals surface area contributed by atoms with Crippen molar-refractivity contribution in [2.24, 2.45) is 0 Å². The zero-order chi connectivity index (χ0) is 25.2. The van der Waals surface area contributed by atoms with E-state index in [0.717, 1.165) is 29.9 Å². The van der Waals surface area contributed by atoms with Crippen LogP contribution in [0.5, 0.6) is 0 Å². The smallest absolute Gasteiger partial charge is 0.267 e. The quantitative estimate of drug-likeness (QED) is 0.326. The van der Waals surface area contributed by atoms with Crippen molar-refractivity contribution >= 4 is 43.3 Å². The molecule has 0 bridgehead atoms. The molecule has 2 unspecified atom stereocenters. The molecule has 37 heavy (non-hydrogen) atoms. The Balaban J connectivity index is 1.35. The average Bonchev–Trinajstić information content (AvgIpc) is 3.63. The maximum Gasteiger partial charge on any atom is 0.267 e. The SMILES string of the molecule is CC[S+]1C(=CC=C2CCC(C=Cc3nc4ccccc4[s+]3CC)=C2N2CCCCC2)Nc2ccccc21. The summed E-state index contributed by atoms with van der Waals surface area (Å²) in [5, 5.41) is 6.33. The van der Waals surface area contributed by atoms with Crippen molar-refractivity contribution in [2.75, 3.05) is 24.2 Å². The molecule has 0 spiro atoms. The predicted octanol–water partition coefficient (Wildman–Crippen LogP) is 8.44. The summed E-state index contributed by atoms with van der Waals surface area (Å²) in [5.74, 6) is 2.26. The number of anilines is 1. The summed E-state index contributed by atoms with van der Waals surface area (Å²) in [4.78, 5) is 9.15. The summed E-state index contributed by atoms with van der Waals surface area (Å²) in [6.07, 6.45) is 15.7. The van der Waals surface area contributed by atoms with E-state index in [1.165, 1.54) is 74.5 Å². The fourth-order valence-corrected chi connectivity index (χ4v) is 9.74. The van der Waals surface area contributed by atoms with Gasteiger partial charge in [0.05, 0.1) is 16.6 Å². The van der Waals surface area contributed by atoms with Crippen LogP contribution in [0.4, 0.5) is 5.69 Å². The summed E-state index contributed by atoms with van der Waals surface area (Å²) < 4.78 is 1.41. The highest BCUT2D eigenvalue weighted by Gasteiger charge is 2.36. The van der Waals surface area contributed by atoms with E-state index in [9.17, 15) is 0 Å². The van der Waals surface area contributed by atoms with Crippen LogP contribution < -0.4 is 5.32 Å². The lowest BCUT2D eigenvalue weighted by Crippen LogP contribution is -2.29. The number of hydrogen-bond acceptors (Lipinski definition) is 3. The number of likely N-dealkylation sites (tertiary alicyclic amines) is 1. The number of fused-ring (bicyclic) bond motifs is 2. The number of piperidine rings is 1. The van der Waals surface area contributed by atoms with Gasteiger partial charge in [0.15, 0.2) is 4.90 Å². The van der Waals surface area contributed by atoms with Crippen LogP contribution in [0.3, 0.4) is 0 Å². The van der Waals surface area contributed by atoms with Gasteiger partial charge in [-0.2, -0.15) is 4.98 Å². The molecular formula is C32H37N3S2+2. The Labute approximate surface area is 227 Å². The molecule has 1 aromatic heterocycles. The molecular weight excluding hydrogens is 491 g/mol. The van der Waals surface area contributed by atoms with Gasteiger partial charge in [0.1, 0.15) is 17.0 Å². The predicted molar refractivity (Wildman–Crippen MR) is 163 cm³/mol. The lowest BCUT2D eigenvalue weighted by molar-refractivity contribution is 0.290. The minimum atomic E-state index is 0.0941. The first kappa shape index (κ1) is 24.6. The van der Waals surface area contributed by atoms with Gasteiger partial charge in [-0.05, 0) is 81.4 Å². The van der Waals surface area contributed by atoms with Crippen LogP contribution in [0, 0.1) is 0 Å². The minimum absolute atomic E-state index is 0.0941. The molecule has 6 rings (SSSR count). The van der Waals surface area contributed by atoms with E-state index in [0.29, 0.717) is 0 Å². The Morgan fingerprint density at radius 3 is 2.54 bits per heavy atom. The topological polar surface area (TPSA) is 28.2 Å². The number of hydrogen-bond donors (Lipinski definition) is 1. The number of para-hydroxylation sites is 2. The second-order valence-electron chi connectivity index (χ2n) is 9.88. The highest BCUT2D eigenvalue weighted by molar-refractivity contribution is 8.01. The van der Waals surface area contributed by atoms with E-state index in [-0.39, 0.29) is 21.4 Å². The monoisotopic (exact) mass is 527 g/mol. The molecule has 2 atom stereocenters.